The first-order chi connectivity index (χ1) is 19.6. The molecule has 2 rings (SSSR count). The molecule has 0 aromatic heterocycles. The van der Waals surface area contributed by atoms with Crippen molar-refractivity contribution in [3.63, 3.8) is 0 Å². The van der Waals surface area contributed by atoms with Crippen LogP contribution in [0.5, 0.6) is 0 Å². The van der Waals surface area contributed by atoms with Gasteiger partial charge in [-0.05, 0) is 55.4 Å². The smallest absolute Gasteiger partial charge is 0.330 e. The molecule has 0 spiro atoms. The van der Waals surface area contributed by atoms with E-state index >= 15 is 0 Å². The Morgan fingerprint density at radius 1 is 0.707 bits per heavy atom. The molecular weight excluding hydrogens is 524 g/mol. The van der Waals surface area contributed by atoms with Crippen LogP contribution in [-0.2, 0) is 41.4 Å². The fourth-order valence-corrected chi connectivity index (χ4v) is 4.34. The van der Waals surface area contributed by atoms with Gasteiger partial charge in [0, 0.05) is 18.1 Å². The highest BCUT2D eigenvalue weighted by atomic mass is 16.6. The lowest BCUT2D eigenvalue weighted by Gasteiger charge is -2.19. The summed E-state index contributed by atoms with van der Waals surface area (Å²) in [4.78, 5) is 22.2. The van der Waals surface area contributed by atoms with E-state index < -0.39 is 24.1 Å². The van der Waals surface area contributed by atoms with Crippen molar-refractivity contribution in [2.45, 2.75) is 70.4 Å². The molecule has 0 saturated heterocycles. The van der Waals surface area contributed by atoms with Gasteiger partial charge in [0.15, 0.2) is 0 Å². The van der Waals surface area contributed by atoms with E-state index in [1.54, 1.807) is 0 Å². The second-order valence-corrected chi connectivity index (χ2v) is 10.1. The van der Waals surface area contributed by atoms with Crippen molar-refractivity contribution in [1.82, 2.24) is 0 Å². The van der Waals surface area contributed by atoms with Crippen LogP contribution in [0.15, 0.2) is 73.8 Å². The zero-order chi connectivity index (χ0) is 30.2. The molecule has 0 bridgehead atoms. The number of carbonyl (C=O) groups is 2. The van der Waals surface area contributed by atoms with E-state index in [1.807, 2.05) is 13.8 Å². The highest BCUT2D eigenvalue weighted by Gasteiger charge is 2.15. The molecule has 4 atom stereocenters. The topological polar surface area (TPSA) is 112 Å². The Balaban J connectivity index is 1.84. The Morgan fingerprint density at radius 2 is 1.07 bits per heavy atom. The van der Waals surface area contributed by atoms with Crippen molar-refractivity contribution >= 4 is 11.9 Å². The second-order valence-electron chi connectivity index (χ2n) is 10.1. The minimum absolute atomic E-state index is 0.0810. The van der Waals surface area contributed by atoms with Crippen molar-refractivity contribution in [2.75, 3.05) is 26.4 Å². The van der Waals surface area contributed by atoms with Gasteiger partial charge >= 0.3 is 11.9 Å². The summed E-state index contributed by atoms with van der Waals surface area (Å²) < 4.78 is 21.1. The van der Waals surface area contributed by atoms with Crippen LogP contribution in [0.25, 0.3) is 0 Å². The standard InChI is InChI=1S/C33H44O8/c1-6-31(27-13-9-25(10-14-27)17-23(4)38-19-29(34)21-40-32(36)7-2)28-15-11-26(12-16-28)18-24(5)39-20-30(35)22-41-33(37)8-3/h7-16,23-24,29-31,34-35H,2-3,6,17-22H2,1,4-5H3. The third-order valence-corrected chi connectivity index (χ3v) is 6.53. The third-order valence-electron chi connectivity index (χ3n) is 6.53. The zero-order valence-corrected chi connectivity index (χ0v) is 24.4. The molecular formula is C33H44O8. The molecule has 0 aliphatic rings. The first-order valence-electron chi connectivity index (χ1n) is 14.0. The fourth-order valence-electron chi connectivity index (χ4n) is 4.34. The van der Waals surface area contributed by atoms with Gasteiger partial charge in [0.25, 0.3) is 0 Å². The maximum absolute atomic E-state index is 11.1. The second kappa shape index (κ2) is 18.2. The summed E-state index contributed by atoms with van der Waals surface area (Å²) in [5.74, 6) is -0.876. The average Bonchev–Trinajstić information content (AvgIpc) is 2.98. The largest absolute Gasteiger partial charge is 0.460 e. The van der Waals surface area contributed by atoms with Crippen LogP contribution in [-0.4, -0.2) is 73.0 Å². The van der Waals surface area contributed by atoms with E-state index in [9.17, 15) is 19.8 Å². The lowest BCUT2D eigenvalue weighted by molar-refractivity contribution is -0.143. The van der Waals surface area contributed by atoms with Crippen LogP contribution in [0.1, 0.15) is 55.4 Å². The van der Waals surface area contributed by atoms with E-state index in [2.05, 4.69) is 68.6 Å². The predicted octanol–water partition coefficient (Wildman–Crippen LogP) is 4.30. The Labute approximate surface area is 243 Å². The molecule has 0 saturated carbocycles. The quantitative estimate of drug-likeness (QED) is 0.191. The normalized spacial score (nSPS) is 14.8. The van der Waals surface area contributed by atoms with Crippen molar-refractivity contribution in [2.24, 2.45) is 0 Å². The van der Waals surface area contributed by atoms with Gasteiger partial charge in [0.1, 0.15) is 25.4 Å². The van der Waals surface area contributed by atoms with Gasteiger partial charge in [-0.3, -0.25) is 0 Å². The Bertz CT molecular complexity index is 994. The summed E-state index contributed by atoms with van der Waals surface area (Å²) in [6, 6.07) is 17.1. The maximum Gasteiger partial charge on any atom is 0.330 e. The number of hydrogen-bond acceptors (Lipinski definition) is 8. The molecule has 2 aromatic rings. The number of esters is 2. The molecule has 0 aliphatic carbocycles. The van der Waals surface area contributed by atoms with Gasteiger partial charge in [-0.15, -0.1) is 0 Å². The molecule has 4 unspecified atom stereocenters. The van der Waals surface area contributed by atoms with E-state index in [1.165, 1.54) is 11.1 Å². The lowest BCUT2D eigenvalue weighted by atomic mass is 9.87. The molecule has 0 fully saturated rings. The number of rotatable bonds is 19. The monoisotopic (exact) mass is 568 g/mol. The van der Waals surface area contributed by atoms with Crippen LogP contribution < -0.4 is 0 Å². The van der Waals surface area contributed by atoms with Gasteiger partial charge in [0.2, 0.25) is 0 Å². The van der Waals surface area contributed by atoms with Gasteiger partial charge in [-0.25, -0.2) is 9.59 Å². The molecule has 0 aliphatic heterocycles. The molecule has 0 amide bonds. The number of hydrogen-bond donors (Lipinski definition) is 2. The number of benzene rings is 2. The van der Waals surface area contributed by atoms with Crippen molar-refractivity contribution < 1.29 is 38.7 Å². The summed E-state index contributed by atoms with van der Waals surface area (Å²) >= 11 is 0. The highest BCUT2D eigenvalue weighted by molar-refractivity contribution is 5.81. The number of aliphatic hydroxyl groups is 2. The lowest BCUT2D eigenvalue weighted by Crippen LogP contribution is -2.26. The van der Waals surface area contributed by atoms with Crippen LogP contribution in [0.4, 0.5) is 0 Å². The average molecular weight is 569 g/mol. The van der Waals surface area contributed by atoms with Crippen molar-refractivity contribution in [3.05, 3.63) is 96.1 Å². The SMILES string of the molecule is C=CC(=O)OCC(O)COC(C)Cc1ccc(C(CC)c2ccc(CC(C)OCC(O)COC(=O)C=C)cc2)cc1. The van der Waals surface area contributed by atoms with Gasteiger partial charge < -0.3 is 29.2 Å². The molecule has 0 heterocycles. The maximum atomic E-state index is 11.1. The molecule has 8 nitrogen and oxygen atoms in total. The van der Waals surface area contributed by atoms with Crippen LogP contribution in [0.3, 0.4) is 0 Å². The van der Waals surface area contributed by atoms with Gasteiger partial charge in [0.05, 0.1) is 25.4 Å². The Hall–Kier alpha value is -3.30. The molecule has 224 valence electrons. The van der Waals surface area contributed by atoms with Crippen LogP contribution in [0.2, 0.25) is 0 Å². The van der Waals surface area contributed by atoms with Gasteiger partial charge in [-0.1, -0.05) is 68.6 Å². The minimum Gasteiger partial charge on any atom is -0.460 e. The Kier molecular flexibility index (Phi) is 15.0. The highest BCUT2D eigenvalue weighted by Crippen LogP contribution is 2.29. The van der Waals surface area contributed by atoms with Crippen LogP contribution >= 0.6 is 0 Å². The summed E-state index contributed by atoms with van der Waals surface area (Å²) in [6.07, 6.45) is 2.48. The number of aliphatic hydroxyl groups excluding tert-OH is 2. The first-order valence-corrected chi connectivity index (χ1v) is 14.0. The summed E-state index contributed by atoms with van der Waals surface area (Å²) in [7, 11) is 0. The fraction of sp³-hybridized carbons (Fsp3) is 0.455. The Morgan fingerprint density at radius 3 is 1.39 bits per heavy atom. The molecule has 2 aromatic carbocycles. The summed E-state index contributed by atoms with van der Waals surface area (Å²) in [6.45, 7) is 12.6. The van der Waals surface area contributed by atoms with E-state index in [0.29, 0.717) is 12.8 Å². The molecule has 41 heavy (non-hydrogen) atoms. The third kappa shape index (κ3) is 12.8. The minimum atomic E-state index is -0.885. The van der Waals surface area contributed by atoms with Crippen molar-refractivity contribution in [1.29, 1.82) is 0 Å². The summed E-state index contributed by atoms with van der Waals surface area (Å²) in [5, 5.41) is 19.8. The number of ether oxygens (including phenoxy) is 4. The molecule has 2 N–H and O–H groups in total. The summed E-state index contributed by atoms with van der Waals surface area (Å²) in [5.41, 5.74) is 4.74. The van der Waals surface area contributed by atoms with E-state index in [-0.39, 0.29) is 44.6 Å². The van der Waals surface area contributed by atoms with E-state index in [0.717, 1.165) is 29.7 Å². The molecule has 8 heteroatoms. The van der Waals surface area contributed by atoms with Crippen LogP contribution in [0, 0.1) is 0 Å². The number of carbonyl (C=O) groups excluding carboxylic acids is 2. The van der Waals surface area contributed by atoms with E-state index in [4.69, 9.17) is 18.9 Å². The molecule has 0 radical (unpaired) electrons. The predicted molar refractivity (Wildman–Crippen MR) is 158 cm³/mol. The van der Waals surface area contributed by atoms with Gasteiger partial charge in [-0.2, -0.15) is 0 Å². The first kappa shape index (κ1) is 33.9. The van der Waals surface area contributed by atoms with Crippen molar-refractivity contribution in [3.8, 4) is 0 Å². The zero-order valence-electron chi connectivity index (χ0n) is 24.4.